The monoisotopic (exact) mass is 405 g/mol. The average Bonchev–Trinajstić information content (AvgIpc) is 2.44. The first-order valence-electron chi connectivity index (χ1n) is 6.32. The maximum Gasteiger partial charge on any atom is 0.236 e. The number of para-hydroxylation sites is 1. The summed E-state index contributed by atoms with van der Waals surface area (Å²) >= 11 is 1.99. The van der Waals surface area contributed by atoms with Crippen molar-refractivity contribution in [2.45, 2.75) is 19.5 Å². The molecule has 4 nitrogen and oxygen atoms in total. The van der Waals surface area contributed by atoms with Gasteiger partial charge in [-0.25, -0.2) is 8.78 Å². The van der Waals surface area contributed by atoms with Gasteiger partial charge in [-0.2, -0.15) is 0 Å². The van der Waals surface area contributed by atoms with Crippen LogP contribution >= 0.6 is 22.9 Å². The van der Waals surface area contributed by atoms with Crippen molar-refractivity contribution in [2.75, 3.05) is 11.4 Å². The highest BCUT2D eigenvalue weighted by Crippen LogP contribution is 2.31. The molecular formula is C14H14F2IN3O. The molecule has 0 radical (unpaired) electrons. The second kappa shape index (κ2) is 6.50. The normalized spacial score (nSPS) is 21.0. The second-order valence-electron chi connectivity index (χ2n) is 4.50. The number of hydrogen-bond acceptors (Lipinski definition) is 2. The van der Waals surface area contributed by atoms with Crippen molar-refractivity contribution in [3.63, 3.8) is 0 Å². The summed E-state index contributed by atoms with van der Waals surface area (Å²) in [5, 5.41) is 0. The number of benzene rings is 1. The van der Waals surface area contributed by atoms with Crippen LogP contribution in [0.2, 0.25) is 0 Å². The van der Waals surface area contributed by atoms with Gasteiger partial charge >= 0.3 is 0 Å². The molecule has 0 bridgehead atoms. The lowest BCUT2D eigenvalue weighted by atomic mass is 10.1. The molecule has 0 saturated carbocycles. The molecule has 21 heavy (non-hydrogen) atoms. The van der Waals surface area contributed by atoms with Gasteiger partial charge in [-0.05, 0) is 19.1 Å². The molecule has 1 unspecified atom stereocenters. The van der Waals surface area contributed by atoms with E-state index in [4.69, 9.17) is 0 Å². The van der Waals surface area contributed by atoms with E-state index in [1.807, 2.05) is 22.9 Å². The molecule has 1 fully saturated rings. The van der Waals surface area contributed by atoms with Crippen molar-refractivity contribution in [1.29, 1.82) is 0 Å². The first-order chi connectivity index (χ1) is 9.97. The molecule has 1 aliphatic rings. The fourth-order valence-electron chi connectivity index (χ4n) is 2.15. The van der Waals surface area contributed by atoms with Gasteiger partial charge in [-0.1, -0.05) is 12.1 Å². The van der Waals surface area contributed by atoms with Gasteiger partial charge in [0.15, 0.2) is 0 Å². The second-order valence-corrected chi connectivity index (χ2v) is 5.54. The number of carbonyl (C=O) groups is 1. The van der Waals surface area contributed by atoms with Crippen LogP contribution in [0.3, 0.4) is 0 Å². The molecule has 7 heteroatoms. The minimum atomic E-state index is -0.758. The zero-order chi connectivity index (χ0) is 15.6. The summed E-state index contributed by atoms with van der Waals surface area (Å²) in [4.78, 5) is 17.7. The molecular weight excluding hydrogens is 391 g/mol. The van der Waals surface area contributed by atoms with Gasteiger partial charge in [0.05, 0.1) is 35.8 Å². The molecule has 1 heterocycles. The number of hydrogen-bond donors (Lipinski definition) is 0. The van der Waals surface area contributed by atoms with Crippen LogP contribution in [0.4, 0.5) is 14.5 Å². The van der Waals surface area contributed by atoms with Gasteiger partial charge < -0.3 is 0 Å². The molecule has 0 aromatic heterocycles. The van der Waals surface area contributed by atoms with E-state index in [2.05, 4.69) is 11.6 Å². The van der Waals surface area contributed by atoms with E-state index in [-0.39, 0.29) is 18.0 Å². The summed E-state index contributed by atoms with van der Waals surface area (Å²) in [5.74, 6) is -1.33. The number of anilines is 1. The molecule has 0 aliphatic carbocycles. The summed E-state index contributed by atoms with van der Waals surface area (Å²) in [7, 11) is 0. The number of nitrogens with zero attached hydrogens (tertiary/aromatic N) is 3. The van der Waals surface area contributed by atoms with Crippen molar-refractivity contribution in [3.05, 3.63) is 42.5 Å². The third-order valence-corrected chi connectivity index (χ3v) is 4.47. The average molecular weight is 405 g/mol. The maximum absolute atomic E-state index is 13.9. The Kier molecular flexibility index (Phi) is 4.92. The quantitative estimate of drug-likeness (QED) is 0.440. The van der Waals surface area contributed by atoms with Gasteiger partial charge in [0.1, 0.15) is 29.3 Å². The highest BCUT2D eigenvalue weighted by atomic mass is 127. The predicted octanol–water partition coefficient (Wildman–Crippen LogP) is 3.28. The van der Waals surface area contributed by atoms with Crippen LogP contribution < -0.4 is 4.90 Å². The van der Waals surface area contributed by atoms with Crippen molar-refractivity contribution in [2.24, 2.45) is 4.99 Å². The van der Waals surface area contributed by atoms with Crippen LogP contribution in [-0.2, 0) is 4.79 Å². The Balaban J connectivity index is 2.39. The molecule has 1 saturated heterocycles. The van der Waals surface area contributed by atoms with Crippen molar-refractivity contribution in [1.82, 2.24) is 3.11 Å². The molecule has 0 spiro atoms. The summed E-state index contributed by atoms with van der Waals surface area (Å²) in [5.41, 5.74) is -0.320. The maximum atomic E-state index is 13.9. The first-order valence-corrected chi connectivity index (χ1v) is 7.29. The van der Waals surface area contributed by atoms with E-state index in [0.717, 1.165) is 17.0 Å². The molecule has 1 aliphatic heterocycles. The zero-order valence-corrected chi connectivity index (χ0v) is 13.5. The van der Waals surface area contributed by atoms with Gasteiger partial charge in [0.25, 0.3) is 0 Å². The summed E-state index contributed by atoms with van der Waals surface area (Å²) in [6, 6.07) is 3.54. The van der Waals surface area contributed by atoms with Gasteiger partial charge in [-0.15, -0.1) is 6.58 Å². The first kappa shape index (κ1) is 15.9. The van der Waals surface area contributed by atoms with E-state index in [1.165, 1.54) is 6.07 Å². The van der Waals surface area contributed by atoms with Gasteiger partial charge in [-0.3, -0.25) is 17.8 Å². The van der Waals surface area contributed by atoms with Crippen molar-refractivity contribution >= 4 is 40.3 Å². The number of rotatable bonds is 3. The lowest BCUT2D eigenvalue weighted by molar-refractivity contribution is -0.119. The fraction of sp³-hybridized carbons (Fsp3) is 0.286. The fourth-order valence-corrected chi connectivity index (χ4v) is 2.72. The topological polar surface area (TPSA) is 35.9 Å². The summed E-state index contributed by atoms with van der Waals surface area (Å²) in [6.07, 6.45) is 1.08. The van der Waals surface area contributed by atoms with Crippen LogP contribution in [0.25, 0.3) is 0 Å². The molecule has 0 N–H and O–H groups in total. The Morgan fingerprint density at radius 2 is 2.10 bits per heavy atom. The highest BCUT2D eigenvalue weighted by Gasteiger charge is 2.37. The van der Waals surface area contributed by atoms with Crippen LogP contribution in [0, 0.1) is 11.6 Å². The van der Waals surface area contributed by atoms with Gasteiger partial charge in [0, 0.05) is 0 Å². The molecule has 1 amide bonds. The van der Waals surface area contributed by atoms with E-state index in [1.54, 1.807) is 16.1 Å². The van der Waals surface area contributed by atoms with E-state index >= 15 is 0 Å². The standard InChI is InChI=1S/C14H14F2IN3O/c1-3-7-18-12-8-13(21)19(9(2)20(12)17)14-10(15)5-4-6-11(14)16/h3-6,9H,1,7-8H2,2H3. The number of halogens is 3. The summed E-state index contributed by atoms with van der Waals surface area (Å²) < 4.78 is 29.5. The number of amides is 1. The molecule has 1 aromatic carbocycles. The molecule has 1 atom stereocenters. The lowest BCUT2D eigenvalue weighted by Crippen LogP contribution is -2.54. The van der Waals surface area contributed by atoms with Gasteiger partial charge in [0.2, 0.25) is 5.91 Å². The Labute approximate surface area is 135 Å². The van der Waals surface area contributed by atoms with Crippen molar-refractivity contribution in [3.8, 4) is 0 Å². The van der Waals surface area contributed by atoms with Crippen LogP contribution in [0.5, 0.6) is 0 Å². The minimum Gasteiger partial charge on any atom is -0.285 e. The number of amidine groups is 1. The Morgan fingerprint density at radius 3 is 2.67 bits per heavy atom. The molecule has 2 rings (SSSR count). The Hall–Kier alpha value is -1.51. The largest absolute Gasteiger partial charge is 0.285 e. The smallest absolute Gasteiger partial charge is 0.236 e. The van der Waals surface area contributed by atoms with E-state index in [9.17, 15) is 13.6 Å². The molecule has 112 valence electrons. The zero-order valence-electron chi connectivity index (χ0n) is 11.4. The number of carbonyl (C=O) groups excluding carboxylic acids is 1. The SMILES string of the molecule is C=CCN=C1CC(=O)N(c2c(F)cccc2F)C(C)N1I. The minimum absolute atomic E-state index is 0.00507. The predicted molar refractivity (Wildman–Crippen MR) is 86.3 cm³/mol. The third kappa shape index (κ3) is 3.07. The van der Waals surface area contributed by atoms with Crippen LogP contribution in [0.15, 0.2) is 35.8 Å². The van der Waals surface area contributed by atoms with E-state index < -0.39 is 17.8 Å². The van der Waals surface area contributed by atoms with Crippen LogP contribution in [0.1, 0.15) is 13.3 Å². The Morgan fingerprint density at radius 1 is 1.48 bits per heavy atom. The third-order valence-electron chi connectivity index (χ3n) is 3.11. The molecule has 1 aromatic rings. The van der Waals surface area contributed by atoms with E-state index in [0.29, 0.717) is 12.4 Å². The lowest BCUT2D eigenvalue weighted by Gasteiger charge is -2.40. The summed E-state index contributed by atoms with van der Waals surface area (Å²) in [6.45, 7) is 5.66. The van der Waals surface area contributed by atoms with Crippen LogP contribution in [-0.4, -0.2) is 27.6 Å². The number of aliphatic imine (C=N–C) groups is 1. The van der Waals surface area contributed by atoms with Crippen molar-refractivity contribution < 1.29 is 13.6 Å². The Bertz CT molecular complexity index is 586. The highest BCUT2D eigenvalue weighted by molar-refractivity contribution is 14.1.